The maximum absolute atomic E-state index is 5.74. The standard InChI is InChI=1S/C15H15Br2N5O/c1-7-4-9(10(16)8(2)12(7)23-3)5-22-6-19-11-13(17)20-15(18)21-14(11)22/h4,6H,5H2,1-3H3,(H2,18,20,21). The van der Waals surface area contributed by atoms with Crippen LogP contribution in [-0.4, -0.2) is 26.6 Å². The highest BCUT2D eigenvalue weighted by atomic mass is 79.9. The van der Waals surface area contributed by atoms with Crippen molar-refractivity contribution in [1.29, 1.82) is 0 Å². The molecule has 3 rings (SSSR count). The first-order chi connectivity index (χ1) is 10.9. The molecule has 0 spiro atoms. The molecule has 23 heavy (non-hydrogen) atoms. The quantitative estimate of drug-likeness (QED) is 0.629. The van der Waals surface area contributed by atoms with E-state index in [9.17, 15) is 0 Å². The van der Waals surface area contributed by atoms with E-state index in [-0.39, 0.29) is 5.95 Å². The molecule has 0 saturated heterocycles. The highest BCUT2D eigenvalue weighted by Crippen LogP contribution is 2.33. The third-order valence-corrected chi connectivity index (χ3v) is 5.34. The van der Waals surface area contributed by atoms with Gasteiger partial charge in [0.15, 0.2) is 5.65 Å². The molecule has 0 atom stereocenters. The van der Waals surface area contributed by atoms with Crippen molar-refractivity contribution in [3.63, 3.8) is 0 Å². The molecule has 2 N–H and O–H groups in total. The third-order valence-electron chi connectivity index (χ3n) is 3.68. The summed E-state index contributed by atoms with van der Waals surface area (Å²) in [5.41, 5.74) is 10.4. The number of hydrogen-bond donors (Lipinski definition) is 1. The Hall–Kier alpha value is -1.67. The molecule has 8 heteroatoms. The van der Waals surface area contributed by atoms with Crippen LogP contribution in [0.3, 0.4) is 0 Å². The smallest absolute Gasteiger partial charge is 0.223 e. The third kappa shape index (κ3) is 2.81. The van der Waals surface area contributed by atoms with Gasteiger partial charge in [-0.25, -0.2) is 9.97 Å². The zero-order valence-electron chi connectivity index (χ0n) is 12.9. The summed E-state index contributed by atoms with van der Waals surface area (Å²) in [6.45, 7) is 4.68. The second-order valence-electron chi connectivity index (χ2n) is 5.24. The molecule has 2 heterocycles. The number of nitrogen functional groups attached to an aromatic ring is 1. The minimum Gasteiger partial charge on any atom is -0.496 e. The number of halogens is 2. The van der Waals surface area contributed by atoms with E-state index in [1.165, 1.54) is 0 Å². The van der Waals surface area contributed by atoms with Crippen molar-refractivity contribution in [2.24, 2.45) is 0 Å². The Labute approximate surface area is 150 Å². The van der Waals surface area contributed by atoms with Crippen LogP contribution in [0.15, 0.2) is 21.5 Å². The lowest BCUT2D eigenvalue weighted by Crippen LogP contribution is -2.04. The molecule has 0 saturated carbocycles. The summed E-state index contributed by atoms with van der Waals surface area (Å²) in [4.78, 5) is 12.7. The van der Waals surface area contributed by atoms with E-state index in [0.717, 1.165) is 26.9 Å². The van der Waals surface area contributed by atoms with Gasteiger partial charge in [-0.05, 0) is 47.0 Å². The molecule has 0 aliphatic heterocycles. The molecule has 120 valence electrons. The summed E-state index contributed by atoms with van der Waals surface area (Å²) in [6.07, 6.45) is 1.74. The van der Waals surface area contributed by atoms with Gasteiger partial charge in [-0.15, -0.1) is 0 Å². The van der Waals surface area contributed by atoms with Crippen LogP contribution in [0.2, 0.25) is 0 Å². The maximum Gasteiger partial charge on any atom is 0.223 e. The van der Waals surface area contributed by atoms with Crippen LogP contribution in [0.25, 0.3) is 11.2 Å². The van der Waals surface area contributed by atoms with Crippen molar-refractivity contribution in [1.82, 2.24) is 19.5 Å². The molecule has 0 fully saturated rings. The van der Waals surface area contributed by atoms with E-state index >= 15 is 0 Å². The zero-order valence-corrected chi connectivity index (χ0v) is 16.1. The topological polar surface area (TPSA) is 78.8 Å². The lowest BCUT2D eigenvalue weighted by molar-refractivity contribution is 0.408. The zero-order chi connectivity index (χ0) is 16.7. The Balaban J connectivity index is 2.10. The number of nitrogens with two attached hydrogens (primary N) is 1. The lowest BCUT2D eigenvalue weighted by Gasteiger charge is -2.15. The van der Waals surface area contributed by atoms with Gasteiger partial charge in [-0.1, -0.05) is 15.9 Å². The fourth-order valence-corrected chi connectivity index (χ4v) is 3.56. The van der Waals surface area contributed by atoms with Crippen LogP contribution in [0.4, 0.5) is 5.95 Å². The first-order valence-corrected chi connectivity index (χ1v) is 8.47. The molecule has 0 amide bonds. The van der Waals surface area contributed by atoms with Gasteiger partial charge in [0.2, 0.25) is 5.95 Å². The highest BCUT2D eigenvalue weighted by molar-refractivity contribution is 9.10. The average molecular weight is 441 g/mol. The molecule has 0 bridgehead atoms. The Morgan fingerprint density at radius 1 is 1.26 bits per heavy atom. The van der Waals surface area contributed by atoms with Crippen LogP contribution in [0.5, 0.6) is 5.75 Å². The van der Waals surface area contributed by atoms with Gasteiger partial charge in [0.1, 0.15) is 15.9 Å². The fourth-order valence-electron chi connectivity index (χ4n) is 2.68. The van der Waals surface area contributed by atoms with E-state index in [0.29, 0.717) is 22.3 Å². The number of fused-ring (bicyclic) bond motifs is 1. The average Bonchev–Trinajstić information content (AvgIpc) is 2.88. The Morgan fingerprint density at radius 2 is 2.00 bits per heavy atom. The van der Waals surface area contributed by atoms with Gasteiger partial charge in [-0.2, -0.15) is 4.98 Å². The van der Waals surface area contributed by atoms with Gasteiger partial charge in [0.25, 0.3) is 0 Å². The molecular weight excluding hydrogens is 426 g/mol. The predicted octanol–water partition coefficient (Wildman–Crippen LogP) is 3.61. The maximum atomic E-state index is 5.74. The molecule has 0 radical (unpaired) electrons. The fraction of sp³-hybridized carbons (Fsp3) is 0.267. The molecular formula is C15H15Br2N5O. The van der Waals surface area contributed by atoms with Crippen LogP contribution in [0.1, 0.15) is 16.7 Å². The summed E-state index contributed by atoms with van der Waals surface area (Å²) in [7, 11) is 1.68. The molecule has 2 aromatic heterocycles. The Morgan fingerprint density at radius 3 is 2.70 bits per heavy atom. The van der Waals surface area contributed by atoms with Crippen molar-refractivity contribution in [2.45, 2.75) is 20.4 Å². The number of rotatable bonds is 3. The van der Waals surface area contributed by atoms with Gasteiger partial charge < -0.3 is 15.0 Å². The Bertz CT molecular complexity index is 907. The highest BCUT2D eigenvalue weighted by Gasteiger charge is 2.15. The second kappa shape index (κ2) is 6.09. The van der Waals surface area contributed by atoms with Gasteiger partial charge in [0, 0.05) is 10.0 Å². The number of benzene rings is 1. The summed E-state index contributed by atoms with van der Waals surface area (Å²) >= 11 is 7.03. The molecule has 0 unspecified atom stereocenters. The van der Waals surface area contributed by atoms with Gasteiger partial charge >= 0.3 is 0 Å². The predicted molar refractivity (Wildman–Crippen MR) is 96.7 cm³/mol. The monoisotopic (exact) mass is 439 g/mol. The van der Waals surface area contributed by atoms with E-state index < -0.39 is 0 Å². The molecule has 3 aromatic rings. The summed E-state index contributed by atoms with van der Waals surface area (Å²) in [5, 5.41) is 0. The van der Waals surface area contributed by atoms with Crippen LogP contribution in [0, 0.1) is 13.8 Å². The number of anilines is 1. The number of ether oxygens (including phenoxy) is 1. The first kappa shape index (κ1) is 16.2. The van der Waals surface area contributed by atoms with Crippen molar-refractivity contribution in [2.75, 3.05) is 12.8 Å². The molecule has 6 nitrogen and oxygen atoms in total. The number of nitrogens with zero attached hydrogens (tertiary/aromatic N) is 4. The van der Waals surface area contributed by atoms with Crippen molar-refractivity contribution in [3.05, 3.63) is 38.2 Å². The normalized spacial score (nSPS) is 11.2. The lowest BCUT2D eigenvalue weighted by atomic mass is 10.1. The molecule has 0 aliphatic rings. The van der Waals surface area contributed by atoms with Crippen molar-refractivity contribution >= 4 is 49.0 Å². The number of aromatic nitrogens is 4. The number of methoxy groups -OCH3 is 1. The Kier molecular flexibility index (Phi) is 4.29. The van der Waals surface area contributed by atoms with Crippen molar-refractivity contribution in [3.8, 4) is 5.75 Å². The number of aryl methyl sites for hydroxylation is 1. The van der Waals surface area contributed by atoms with E-state index in [4.69, 9.17) is 10.5 Å². The van der Waals surface area contributed by atoms with E-state index in [1.54, 1.807) is 13.4 Å². The number of imidazole rings is 1. The van der Waals surface area contributed by atoms with E-state index in [1.807, 2.05) is 18.4 Å². The summed E-state index contributed by atoms with van der Waals surface area (Å²) in [5.74, 6) is 1.11. The minimum absolute atomic E-state index is 0.215. The number of hydrogen-bond acceptors (Lipinski definition) is 5. The summed E-state index contributed by atoms with van der Waals surface area (Å²) < 4.78 is 9.02. The molecule has 1 aromatic carbocycles. The second-order valence-corrected chi connectivity index (χ2v) is 6.79. The first-order valence-electron chi connectivity index (χ1n) is 6.88. The van der Waals surface area contributed by atoms with Crippen LogP contribution in [-0.2, 0) is 6.54 Å². The van der Waals surface area contributed by atoms with Crippen LogP contribution >= 0.6 is 31.9 Å². The minimum atomic E-state index is 0.215. The van der Waals surface area contributed by atoms with Crippen molar-refractivity contribution < 1.29 is 4.74 Å². The van der Waals surface area contributed by atoms with E-state index in [2.05, 4.69) is 52.9 Å². The molecule has 0 aliphatic carbocycles. The van der Waals surface area contributed by atoms with Gasteiger partial charge in [0.05, 0.1) is 20.0 Å². The largest absolute Gasteiger partial charge is 0.496 e. The SMILES string of the molecule is COc1c(C)cc(Cn2cnc3c(Br)nc(N)nc32)c(Br)c1C. The van der Waals surface area contributed by atoms with Gasteiger partial charge in [-0.3, -0.25) is 0 Å². The summed E-state index contributed by atoms with van der Waals surface area (Å²) in [6, 6.07) is 2.10. The van der Waals surface area contributed by atoms with Crippen LogP contribution < -0.4 is 10.5 Å².